The minimum Gasteiger partial charge on any atom is -0.364 e. The van der Waals surface area contributed by atoms with Crippen molar-refractivity contribution >= 4 is 11.3 Å². The molecule has 0 aromatic carbocycles. The summed E-state index contributed by atoms with van der Waals surface area (Å²) in [4.78, 5) is 6.51. The predicted octanol–water partition coefficient (Wildman–Crippen LogP) is 2.47. The van der Waals surface area contributed by atoms with E-state index in [1.54, 1.807) is 10.8 Å². The third-order valence-electron chi connectivity index (χ3n) is 3.74. The number of hydrogen-bond donors (Lipinski definition) is 0. The summed E-state index contributed by atoms with van der Waals surface area (Å²) in [6, 6.07) is 2.05. The maximum absolute atomic E-state index is 5.31. The minimum absolute atomic E-state index is 0.312. The summed E-state index contributed by atoms with van der Waals surface area (Å²) in [6.45, 7) is 9.01. The molecule has 3 aromatic heterocycles. The van der Waals surface area contributed by atoms with E-state index in [9.17, 15) is 0 Å². The molecule has 3 heterocycles. The van der Waals surface area contributed by atoms with Gasteiger partial charge in [-0.15, -0.1) is 10.2 Å². The predicted molar refractivity (Wildman–Crippen MR) is 89.8 cm³/mol. The molecule has 0 saturated heterocycles. The molecule has 0 aliphatic rings. The molecule has 3 rings (SSSR count). The van der Waals surface area contributed by atoms with Gasteiger partial charge in [-0.3, -0.25) is 0 Å². The molecular formula is C16H23N7O. The first-order valence-electron chi connectivity index (χ1n) is 8.17. The lowest BCUT2D eigenvalue weighted by atomic mass is 10.1. The van der Waals surface area contributed by atoms with Gasteiger partial charge in [0.1, 0.15) is 6.33 Å². The molecule has 0 fully saturated rings. The van der Waals surface area contributed by atoms with Gasteiger partial charge in [0.25, 0.3) is 0 Å². The molecule has 0 radical (unpaired) electrons. The molecule has 0 saturated carbocycles. The lowest BCUT2D eigenvalue weighted by molar-refractivity contribution is 0.358. The maximum Gasteiger partial charge on any atom is 0.226 e. The second-order valence-electron chi connectivity index (χ2n) is 6.77. The zero-order chi connectivity index (χ0) is 17.3. The van der Waals surface area contributed by atoms with Crippen LogP contribution in [0.4, 0.5) is 5.69 Å². The van der Waals surface area contributed by atoms with Crippen LogP contribution in [-0.4, -0.2) is 37.0 Å². The number of hydrogen-bond acceptors (Lipinski definition) is 7. The van der Waals surface area contributed by atoms with Crippen LogP contribution in [0.1, 0.15) is 51.0 Å². The topological polar surface area (TPSA) is 85.2 Å². The largest absolute Gasteiger partial charge is 0.364 e. The Kier molecular flexibility index (Phi) is 4.46. The van der Waals surface area contributed by atoms with Crippen LogP contribution < -0.4 is 4.90 Å². The summed E-state index contributed by atoms with van der Waals surface area (Å²) in [7, 11) is 1.98. The summed E-state index contributed by atoms with van der Waals surface area (Å²) in [5.41, 5.74) is 2.65. The highest BCUT2D eigenvalue weighted by Crippen LogP contribution is 2.24. The van der Waals surface area contributed by atoms with Crippen LogP contribution in [-0.2, 0) is 13.0 Å². The average molecular weight is 329 g/mol. The number of fused-ring (bicyclic) bond motifs is 1. The van der Waals surface area contributed by atoms with Gasteiger partial charge in [-0.25, -0.2) is 0 Å². The van der Waals surface area contributed by atoms with E-state index in [0.717, 1.165) is 17.8 Å². The Morgan fingerprint density at radius 2 is 2.04 bits per heavy atom. The number of anilines is 1. The highest BCUT2D eigenvalue weighted by atomic mass is 16.5. The van der Waals surface area contributed by atoms with Crippen molar-refractivity contribution in [3.63, 3.8) is 0 Å². The summed E-state index contributed by atoms with van der Waals surface area (Å²) in [6.07, 6.45) is 2.41. The lowest BCUT2D eigenvalue weighted by Crippen LogP contribution is -2.19. The van der Waals surface area contributed by atoms with Crippen molar-refractivity contribution in [2.24, 2.45) is 5.92 Å². The van der Waals surface area contributed by atoms with Gasteiger partial charge in [0.2, 0.25) is 11.5 Å². The van der Waals surface area contributed by atoms with Gasteiger partial charge in [0, 0.05) is 13.5 Å². The van der Waals surface area contributed by atoms with Crippen molar-refractivity contribution in [3.8, 4) is 0 Å². The maximum atomic E-state index is 5.31. The fourth-order valence-corrected chi connectivity index (χ4v) is 2.48. The molecule has 8 heteroatoms. The van der Waals surface area contributed by atoms with Crippen LogP contribution >= 0.6 is 0 Å². The molecule has 8 nitrogen and oxygen atoms in total. The van der Waals surface area contributed by atoms with Crippen molar-refractivity contribution in [3.05, 3.63) is 29.8 Å². The second-order valence-corrected chi connectivity index (χ2v) is 6.77. The van der Waals surface area contributed by atoms with Crippen LogP contribution in [0.3, 0.4) is 0 Å². The molecule has 0 bridgehead atoms. The Hall–Kier alpha value is -2.51. The highest BCUT2D eigenvalue weighted by Gasteiger charge is 2.16. The molecule has 0 amide bonds. The van der Waals surface area contributed by atoms with Crippen molar-refractivity contribution in [2.75, 3.05) is 11.9 Å². The lowest BCUT2D eigenvalue weighted by Gasteiger charge is -2.19. The van der Waals surface area contributed by atoms with Crippen LogP contribution in [0.5, 0.6) is 0 Å². The first-order chi connectivity index (χ1) is 11.4. The molecule has 128 valence electrons. The van der Waals surface area contributed by atoms with E-state index in [1.165, 1.54) is 0 Å². The normalized spacial score (nSPS) is 11.8. The fraction of sp³-hybridized carbons (Fsp3) is 0.562. The quantitative estimate of drug-likeness (QED) is 0.686. The van der Waals surface area contributed by atoms with E-state index in [-0.39, 0.29) is 0 Å². The van der Waals surface area contributed by atoms with E-state index in [2.05, 4.69) is 53.1 Å². The van der Waals surface area contributed by atoms with E-state index in [0.29, 0.717) is 35.7 Å². The number of nitrogens with zero attached hydrogens (tertiary/aromatic N) is 7. The monoisotopic (exact) mass is 329 g/mol. The van der Waals surface area contributed by atoms with Gasteiger partial charge in [0.15, 0.2) is 5.82 Å². The summed E-state index contributed by atoms with van der Waals surface area (Å²) in [5.74, 6) is 2.14. The van der Waals surface area contributed by atoms with E-state index in [4.69, 9.17) is 4.52 Å². The summed E-state index contributed by atoms with van der Waals surface area (Å²) < 4.78 is 7.02. The van der Waals surface area contributed by atoms with Gasteiger partial charge < -0.3 is 9.42 Å². The third-order valence-corrected chi connectivity index (χ3v) is 3.74. The molecule has 0 spiro atoms. The summed E-state index contributed by atoms with van der Waals surface area (Å²) >= 11 is 0. The van der Waals surface area contributed by atoms with Gasteiger partial charge in [-0.05, 0) is 17.9 Å². The van der Waals surface area contributed by atoms with Gasteiger partial charge in [-0.2, -0.15) is 14.6 Å². The standard InChI is InChI=1S/C16H23N7O/c1-10(2)6-15-18-14(21-24-15)8-22(5)13-7-12(11(3)4)20-23-9-17-19-16(13)23/h7,9-11H,6,8H2,1-5H3. The first kappa shape index (κ1) is 16.4. The Labute approximate surface area is 140 Å². The SMILES string of the molecule is CC(C)Cc1nc(CN(C)c2cc(C(C)C)nn3cnnc23)no1. The Bertz CT molecular complexity index is 821. The zero-order valence-electron chi connectivity index (χ0n) is 14.8. The van der Waals surface area contributed by atoms with E-state index < -0.39 is 0 Å². The highest BCUT2D eigenvalue weighted by molar-refractivity contribution is 5.68. The first-order valence-corrected chi connectivity index (χ1v) is 8.17. The molecule has 0 aliphatic carbocycles. The van der Waals surface area contributed by atoms with Crippen molar-refractivity contribution in [2.45, 2.75) is 46.6 Å². The molecular weight excluding hydrogens is 306 g/mol. The fourth-order valence-electron chi connectivity index (χ4n) is 2.48. The zero-order valence-corrected chi connectivity index (χ0v) is 14.8. The minimum atomic E-state index is 0.312. The molecule has 0 unspecified atom stereocenters. The van der Waals surface area contributed by atoms with E-state index >= 15 is 0 Å². The van der Waals surface area contributed by atoms with Crippen LogP contribution in [0, 0.1) is 5.92 Å². The smallest absolute Gasteiger partial charge is 0.226 e. The Morgan fingerprint density at radius 3 is 2.75 bits per heavy atom. The summed E-state index contributed by atoms with van der Waals surface area (Å²) in [5, 5.41) is 16.7. The van der Waals surface area contributed by atoms with Crippen molar-refractivity contribution in [1.29, 1.82) is 0 Å². The molecule has 3 aromatic rings. The van der Waals surface area contributed by atoms with Crippen LogP contribution in [0.2, 0.25) is 0 Å². The Balaban J connectivity index is 1.86. The van der Waals surface area contributed by atoms with Crippen molar-refractivity contribution in [1.82, 2.24) is 30.0 Å². The Morgan fingerprint density at radius 1 is 1.25 bits per heavy atom. The van der Waals surface area contributed by atoms with Crippen molar-refractivity contribution < 1.29 is 4.52 Å². The van der Waals surface area contributed by atoms with Gasteiger partial charge in [-0.1, -0.05) is 32.9 Å². The number of aromatic nitrogens is 6. The molecule has 0 atom stereocenters. The number of rotatable bonds is 6. The van der Waals surface area contributed by atoms with Gasteiger partial charge >= 0.3 is 0 Å². The molecule has 24 heavy (non-hydrogen) atoms. The molecule has 0 aliphatic heterocycles. The van der Waals surface area contributed by atoms with Crippen LogP contribution in [0.25, 0.3) is 5.65 Å². The molecule has 0 N–H and O–H groups in total. The van der Waals surface area contributed by atoms with E-state index in [1.807, 2.05) is 18.0 Å². The van der Waals surface area contributed by atoms with Crippen LogP contribution in [0.15, 0.2) is 16.9 Å². The average Bonchev–Trinajstić information content (AvgIpc) is 3.14. The van der Waals surface area contributed by atoms with Gasteiger partial charge in [0.05, 0.1) is 17.9 Å². The second kappa shape index (κ2) is 6.54. The third kappa shape index (κ3) is 3.37.